The number of aryl methyl sites for hydroxylation is 1. The third-order valence-corrected chi connectivity index (χ3v) is 5.66. The molecule has 5 heteroatoms. The fourth-order valence-electron chi connectivity index (χ4n) is 4.03. The van der Waals surface area contributed by atoms with E-state index in [0.29, 0.717) is 5.56 Å². The van der Waals surface area contributed by atoms with E-state index in [-0.39, 0.29) is 5.91 Å². The van der Waals surface area contributed by atoms with Gasteiger partial charge in [0.25, 0.3) is 5.91 Å². The number of rotatable bonds is 4. The fourth-order valence-corrected chi connectivity index (χ4v) is 4.03. The van der Waals surface area contributed by atoms with Crippen molar-refractivity contribution in [1.82, 2.24) is 4.98 Å². The molecule has 0 saturated heterocycles. The van der Waals surface area contributed by atoms with Crippen LogP contribution in [0, 0.1) is 6.92 Å². The maximum atomic E-state index is 12.6. The molecule has 4 aromatic rings. The van der Waals surface area contributed by atoms with E-state index in [4.69, 9.17) is 9.72 Å². The third-order valence-electron chi connectivity index (χ3n) is 5.66. The molecular weight excluding hydrogens is 386 g/mol. The van der Waals surface area contributed by atoms with Crippen LogP contribution >= 0.6 is 0 Å². The van der Waals surface area contributed by atoms with E-state index < -0.39 is 0 Å². The maximum Gasteiger partial charge on any atom is 0.255 e. The van der Waals surface area contributed by atoms with Gasteiger partial charge in [0, 0.05) is 34.9 Å². The first kappa shape index (κ1) is 19.1. The molecule has 1 amide bonds. The Morgan fingerprint density at radius 1 is 1.03 bits per heavy atom. The summed E-state index contributed by atoms with van der Waals surface area (Å²) in [7, 11) is 1.66. The van der Waals surface area contributed by atoms with Crippen molar-refractivity contribution in [2.75, 3.05) is 23.9 Å². The molecule has 5 nitrogen and oxygen atoms in total. The van der Waals surface area contributed by atoms with Gasteiger partial charge in [-0.25, -0.2) is 4.98 Å². The highest BCUT2D eigenvalue weighted by atomic mass is 16.5. The van der Waals surface area contributed by atoms with Crippen LogP contribution in [-0.4, -0.2) is 24.5 Å². The second-order valence-corrected chi connectivity index (χ2v) is 7.80. The first-order valence-electron chi connectivity index (χ1n) is 10.3. The Bertz CT molecular complexity index is 1280. The molecule has 3 aromatic carbocycles. The van der Waals surface area contributed by atoms with Crippen molar-refractivity contribution in [3.63, 3.8) is 0 Å². The van der Waals surface area contributed by atoms with Crippen LogP contribution in [0.3, 0.4) is 0 Å². The van der Waals surface area contributed by atoms with Crippen LogP contribution in [0.5, 0.6) is 5.75 Å². The van der Waals surface area contributed by atoms with E-state index in [1.807, 2.05) is 73.7 Å². The summed E-state index contributed by atoms with van der Waals surface area (Å²) >= 11 is 0. The van der Waals surface area contributed by atoms with E-state index >= 15 is 0 Å². The highest BCUT2D eigenvalue weighted by Crippen LogP contribution is 2.35. The average Bonchev–Trinajstić information content (AvgIpc) is 3.20. The monoisotopic (exact) mass is 409 g/mol. The minimum Gasteiger partial charge on any atom is -0.497 e. The Morgan fingerprint density at radius 3 is 2.65 bits per heavy atom. The number of hydrogen-bond donors (Lipinski definition) is 1. The minimum atomic E-state index is -0.116. The Labute approximate surface area is 181 Å². The van der Waals surface area contributed by atoms with Crippen LogP contribution in [-0.2, 0) is 6.42 Å². The molecule has 2 heterocycles. The molecule has 0 radical (unpaired) electrons. The Balaban J connectivity index is 1.39. The summed E-state index contributed by atoms with van der Waals surface area (Å²) in [4.78, 5) is 19.7. The number of ether oxygens (including phenoxy) is 1. The molecule has 5 rings (SSSR count). The number of anilines is 3. The maximum absolute atomic E-state index is 12.6. The van der Waals surface area contributed by atoms with Gasteiger partial charge in [0.05, 0.1) is 12.6 Å². The molecule has 0 unspecified atom stereocenters. The SMILES string of the molecule is COc1ccc2cc3c(nc2c1)N(c1ccc(C(=O)Nc2cccc(C)c2)cc1)CC3. The number of methoxy groups -OCH3 is 1. The van der Waals surface area contributed by atoms with Crippen molar-refractivity contribution in [2.24, 2.45) is 0 Å². The predicted octanol–water partition coefficient (Wildman–Crippen LogP) is 5.50. The molecule has 1 aliphatic rings. The third kappa shape index (κ3) is 3.70. The van der Waals surface area contributed by atoms with Gasteiger partial charge in [0.1, 0.15) is 11.6 Å². The van der Waals surface area contributed by atoms with Crippen LogP contribution in [0.1, 0.15) is 21.5 Å². The van der Waals surface area contributed by atoms with Crippen molar-refractivity contribution in [2.45, 2.75) is 13.3 Å². The Morgan fingerprint density at radius 2 is 1.87 bits per heavy atom. The van der Waals surface area contributed by atoms with Crippen molar-refractivity contribution in [3.05, 3.63) is 89.5 Å². The van der Waals surface area contributed by atoms with Crippen LogP contribution in [0.2, 0.25) is 0 Å². The van der Waals surface area contributed by atoms with Gasteiger partial charge in [-0.2, -0.15) is 0 Å². The largest absolute Gasteiger partial charge is 0.497 e. The van der Waals surface area contributed by atoms with E-state index in [9.17, 15) is 4.79 Å². The van der Waals surface area contributed by atoms with Crippen molar-refractivity contribution < 1.29 is 9.53 Å². The summed E-state index contributed by atoms with van der Waals surface area (Å²) in [5.41, 5.74) is 5.71. The average molecular weight is 409 g/mol. The predicted molar refractivity (Wildman–Crippen MR) is 125 cm³/mol. The summed E-state index contributed by atoms with van der Waals surface area (Å²) < 4.78 is 5.35. The summed E-state index contributed by atoms with van der Waals surface area (Å²) in [6.45, 7) is 2.87. The highest BCUT2D eigenvalue weighted by molar-refractivity contribution is 6.04. The van der Waals surface area contributed by atoms with Gasteiger partial charge in [-0.05, 0) is 79.1 Å². The minimum absolute atomic E-state index is 0.116. The molecule has 0 atom stereocenters. The fraction of sp³-hybridized carbons (Fsp3) is 0.154. The molecule has 0 spiro atoms. The van der Waals surface area contributed by atoms with Gasteiger partial charge in [-0.1, -0.05) is 12.1 Å². The lowest BCUT2D eigenvalue weighted by Gasteiger charge is -2.19. The number of amides is 1. The zero-order chi connectivity index (χ0) is 21.4. The number of carbonyl (C=O) groups excluding carboxylic acids is 1. The molecule has 154 valence electrons. The van der Waals surface area contributed by atoms with Crippen LogP contribution in [0.25, 0.3) is 10.9 Å². The van der Waals surface area contributed by atoms with Gasteiger partial charge in [0.15, 0.2) is 0 Å². The number of nitrogens with one attached hydrogen (secondary N) is 1. The normalized spacial score (nSPS) is 12.6. The Kier molecular flexibility index (Phi) is 4.79. The van der Waals surface area contributed by atoms with Crippen LogP contribution in [0.4, 0.5) is 17.2 Å². The molecule has 0 saturated carbocycles. The summed E-state index contributed by atoms with van der Waals surface area (Å²) in [6, 6.07) is 23.7. The highest BCUT2D eigenvalue weighted by Gasteiger charge is 2.23. The van der Waals surface area contributed by atoms with Crippen molar-refractivity contribution >= 4 is 34.0 Å². The summed E-state index contributed by atoms with van der Waals surface area (Å²) in [6.07, 6.45) is 0.944. The first-order chi connectivity index (χ1) is 15.1. The second kappa shape index (κ2) is 7.76. The zero-order valence-corrected chi connectivity index (χ0v) is 17.6. The second-order valence-electron chi connectivity index (χ2n) is 7.80. The summed E-state index contributed by atoms with van der Waals surface area (Å²) in [5.74, 6) is 1.65. The van der Waals surface area contributed by atoms with E-state index in [1.165, 1.54) is 5.56 Å². The smallest absolute Gasteiger partial charge is 0.255 e. The lowest BCUT2D eigenvalue weighted by Crippen LogP contribution is -2.15. The van der Waals surface area contributed by atoms with Gasteiger partial charge < -0.3 is 15.0 Å². The Hall–Kier alpha value is -3.86. The van der Waals surface area contributed by atoms with Crippen LogP contribution in [0.15, 0.2) is 72.8 Å². The number of carbonyl (C=O) groups is 1. The van der Waals surface area contributed by atoms with Gasteiger partial charge in [-0.15, -0.1) is 0 Å². The zero-order valence-electron chi connectivity index (χ0n) is 17.6. The number of aromatic nitrogens is 1. The van der Waals surface area contributed by atoms with Crippen molar-refractivity contribution in [3.8, 4) is 5.75 Å². The molecule has 1 aliphatic heterocycles. The molecule has 0 aliphatic carbocycles. The molecule has 1 aromatic heterocycles. The topological polar surface area (TPSA) is 54.5 Å². The van der Waals surface area contributed by atoms with Gasteiger partial charge in [-0.3, -0.25) is 4.79 Å². The summed E-state index contributed by atoms with van der Waals surface area (Å²) in [5, 5.41) is 4.07. The molecule has 1 N–H and O–H groups in total. The lowest BCUT2D eigenvalue weighted by molar-refractivity contribution is 0.102. The first-order valence-corrected chi connectivity index (χ1v) is 10.3. The molecule has 0 fully saturated rings. The number of benzene rings is 3. The number of hydrogen-bond acceptors (Lipinski definition) is 4. The van der Waals surface area contributed by atoms with Gasteiger partial charge in [0.2, 0.25) is 0 Å². The number of nitrogens with zero attached hydrogens (tertiary/aromatic N) is 2. The van der Waals surface area contributed by atoms with Crippen molar-refractivity contribution in [1.29, 1.82) is 0 Å². The van der Waals surface area contributed by atoms with E-state index in [0.717, 1.165) is 52.4 Å². The van der Waals surface area contributed by atoms with Gasteiger partial charge >= 0.3 is 0 Å². The van der Waals surface area contributed by atoms with E-state index in [2.05, 4.69) is 16.3 Å². The number of pyridine rings is 1. The number of fused-ring (bicyclic) bond motifs is 2. The van der Waals surface area contributed by atoms with E-state index in [1.54, 1.807) is 7.11 Å². The van der Waals surface area contributed by atoms with Crippen LogP contribution < -0.4 is 15.0 Å². The standard InChI is InChI=1S/C26H23N3O2/c1-17-4-3-5-21(14-17)27-26(30)18-6-9-22(10-7-18)29-13-12-20-15-19-8-11-23(31-2)16-24(19)28-25(20)29/h3-11,14-16H,12-13H2,1-2H3,(H,27,30). The molecule has 0 bridgehead atoms. The molecular formula is C26H23N3O2. The quantitative estimate of drug-likeness (QED) is 0.484. The lowest BCUT2D eigenvalue weighted by atomic mass is 10.1. The molecule has 31 heavy (non-hydrogen) atoms.